The second-order valence-electron chi connectivity index (χ2n) is 4.92. The van der Waals surface area contributed by atoms with Gasteiger partial charge < -0.3 is 14.7 Å². The number of ether oxygens (including phenoxy) is 2. The van der Waals surface area contributed by atoms with Gasteiger partial charge in [-0.2, -0.15) is 0 Å². The summed E-state index contributed by atoms with van der Waals surface area (Å²) in [6.45, 7) is 1.94. The van der Waals surface area contributed by atoms with Gasteiger partial charge in [0.25, 0.3) is 0 Å². The summed E-state index contributed by atoms with van der Waals surface area (Å²) in [5, 5.41) is 12.6. The maximum atomic E-state index is 12.5. The smallest absolute Gasteiger partial charge is 0.161 e. The Morgan fingerprint density at radius 1 is 1.13 bits per heavy atom. The van der Waals surface area contributed by atoms with Crippen molar-refractivity contribution in [3.63, 3.8) is 0 Å². The van der Waals surface area contributed by atoms with E-state index in [-0.39, 0.29) is 5.75 Å². The van der Waals surface area contributed by atoms with Gasteiger partial charge in [-0.25, -0.2) is 0 Å². The first kappa shape index (κ1) is 17.0. The monoisotopic (exact) mass is 333 g/mol. The van der Waals surface area contributed by atoms with Crippen LogP contribution in [-0.2, 0) is 10.8 Å². The summed E-state index contributed by atoms with van der Waals surface area (Å²) in [6, 6.07) is 12.6. The van der Waals surface area contributed by atoms with E-state index in [1.54, 1.807) is 31.4 Å². The molecular formula is C17H19NO4S. The fourth-order valence-corrected chi connectivity index (χ4v) is 3.34. The summed E-state index contributed by atoms with van der Waals surface area (Å²) >= 11 is 0. The van der Waals surface area contributed by atoms with Crippen LogP contribution >= 0.6 is 0 Å². The molecule has 1 unspecified atom stereocenters. The number of nitrogens with zero attached hydrogens (tertiary/aromatic N) is 1. The lowest BCUT2D eigenvalue weighted by Gasteiger charge is -2.10. The first-order valence-electron chi connectivity index (χ1n) is 6.97. The van der Waals surface area contributed by atoms with Crippen LogP contribution in [0.2, 0.25) is 0 Å². The first-order chi connectivity index (χ1) is 11.1. The van der Waals surface area contributed by atoms with Crippen LogP contribution in [0.25, 0.3) is 0 Å². The molecule has 0 aliphatic rings. The molecule has 0 heterocycles. The van der Waals surface area contributed by atoms with Crippen LogP contribution in [0, 0.1) is 6.92 Å². The maximum absolute atomic E-state index is 12.5. The number of hydrogen-bond donors (Lipinski definition) is 1. The van der Waals surface area contributed by atoms with Crippen molar-refractivity contribution in [1.29, 1.82) is 0 Å². The van der Waals surface area contributed by atoms with Crippen LogP contribution in [0.1, 0.15) is 11.1 Å². The molecule has 0 radical (unpaired) electrons. The molecule has 1 N–H and O–H groups in total. The summed E-state index contributed by atoms with van der Waals surface area (Å²) in [7, 11) is 1.77. The zero-order chi connectivity index (χ0) is 16.8. The summed E-state index contributed by atoms with van der Waals surface area (Å²) in [5.41, 5.74) is 1.99. The molecular weight excluding hydrogens is 314 g/mol. The molecule has 6 heteroatoms. The van der Waals surface area contributed by atoms with Gasteiger partial charge >= 0.3 is 0 Å². The van der Waals surface area contributed by atoms with Gasteiger partial charge in [-0.1, -0.05) is 17.3 Å². The minimum atomic E-state index is -1.30. The molecule has 5 nitrogen and oxygen atoms in total. The van der Waals surface area contributed by atoms with E-state index in [9.17, 15) is 9.42 Å². The molecule has 2 rings (SSSR count). The lowest BCUT2D eigenvalue weighted by molar-refractivity contribution is 0.319. The van der Waals surface area contributed by atoms with Gasteiger partial charge in [-0.15, -0.1) is 0 Å². The molecule has 0 saturated heterocycles. The van der Waals surface area contributed by atoms with E-state index < -0.39 is 10.8 Å². The van der Waals surface area contributed by atoms with E-state index in [1.165, 1.54) is 7.11 Å². The molecule has 0 aliphatic carbocycles. The fraction of sp³-hybridized carbons (Fsp3) is 0.235. The van der Waals surface area contributed by atoms with E-state index >= 15 is 0 Å². The lowest BCUT2D eigenvalue weighted by Crippen LogP contribution is -2.13. The summed E-state index contributed by atoms with van der Waals surface area (Å²) in [4.78, 5) is 0.701. The third-order valence-corrected chi connectivity index (χ3v) is 4.67. The summed E-state index contributed by atoms with van der Waals surface area (Å²) in [5.74, 6) is 1.20. The Morgan fingerprint density at radius 2 is 1.87 bits per heavy atom. The Hall–Kier alpha value is -2.34. The topological polar surface area (TPSA) is 68.1 Å². The van der Waals surface area contributed by atoms with Crippen LogP contribution in [0.15, 0.2) is 52.5 Å². The minimum Gasteiger partial charge on any atom is -0.493 e. The number of aryl methyl sites for hydroxylation is 1. The van der Waals surface area contributed by atoms with Crippen molar-refractivity contribution >= 4 is 16.5 Å². The van der Waals surface area contributed by atoms with Gasteiger partial charge in [-0.05, 0) is 42.8 Å². The number of methoxy groups -OCH3 is 2. The number of oxime groups is 1. The number of rotatable bonds is 6. The Morgan fingerprint density at radius 3 is 2.48 bits per heavy atom. The van der Waals surface area contributed by atoms with E-state index in [0.717, 1.165) is 5.56 Å². The van der Waals surface area contributed by atoms with Gasteiger partial charge in [0, 0.05) is 10.5 Å². The van der Waals surface area contributed by atoms with Gasteiger partial charge in [0.15, 0.2) is 11.5 Å². The van der Waals surface area contributed by atoms with Crippen LogP contribution in [0.4, 0.5) is 0 Å². The molecule has 2 aromatic carbocycles. The van der Waals surface area contributed by atoms with Crippen LogP contribution in [0.3, 0.4) is 0 Å². The van der Waals surface area contributed by atoms with Crippen molar-refractivity contribution in [2.45, 2.75) is 11.8 Å². The van der Waals surface area contributed by atoms with Gasteiger partial charge in [0.05, 0.1) is 36.5 Å². The van der Waals surface area contributed by atoms with Crippen molar-refractivity contribution in [1.82, 2.24) is 0 Å². The second kappa shape index (κ2) is 7.78. The zero-order valence-electron chi connectivity index (χ0n) is 13.3. The summed E-state index contributed by atoms with van der Waals surface area (Å²) in [6.07, 6.45) is 0. The van der Waals surface area contributed by atoms with Gasteiger partial charge in [0.2, 0.25) is 0 Å². The van der Waals surface area contributed by atoms with Crippen molar-refractivity contribution in [3.8, 4) is 11.5 Å². The molecule has 0 aromatic heterocycles. The number of benzene rings is 2. The van der Waals surface area contributed by atoms with Crippen molar-refractivity contribution < 1.29 is 18.9 Å². The fourth-order valence-electron chi connectivity index (χ4n) is 2.15. The van der Waals surface area contributed by atoms with Crippen molar-refractivity contribution in [2.75, 3.05) is 20.0 Å². The van der Waals surface area contributed by atoms with Crippen LogP contribution < -0.4 is 9.47 Å². The molecule has 23 heavy (non-hydrogen) atoms. The van der Waals surface area contributed by atoms with Gasteiger partial charge in [0.1, 0.15) is 0 Å². The van der Waals surface area contributed by atoms with Gasteiger partial charge in [-0.3, -0.25) is 4.21 Å². The van der Waals surface area contributed by atoms with E-state index in [4.69, 9.17) is 9.47 Å². The highest BCUT2D eigenvalue weighted by Crippen LogP contribution is 2.28. The highest BCUT2D eigenvalue weighted by atomic mass is 32.2. The van der Waals surface area contributed by atoms with Crippen molar-refractivity contribution in [3.05, 3.63) is 53.6 Å². The Labute approximate surface area is 138 Å². The number of hydrogen-bond acceptors (Lipinski definition) is 5. The Bertz CT molecular complexity index is 743. The summed E-state index contributed by atoms with van der Waals surface area (Å²) < 4.78 is 22.9. The quantitative estimate of drug-likeness (QED) is 0.501. The van der Waals surface area contributed by atoms with Crippen LogP contribution in [-0.4, -0.2) is 35.1 Å². The van der Waals surface area contributed by atoms with Crippen LogP contribution in [0.5, 0.6) is 11.5 Å². The SMILES string of the molecule is COc1ccc(/C(CS(=O)c2cccc(C)c2)=N\O)cc1OC. The first-order valence-corrected chi connectivity index (χ1v) is 8.29. The van der Waals surface area contributed by atoms with Crippen molar-refractivity contribution in [2.24, 2.45) is 5.16 Å². The normalized spacial score (nSPS) is 12.7. The molecule has 1 atom stereocenters. The third kappa shape index (κ3) is 4.10. The molecule has 0 bridgehead atoms. The average Bonchev–Trinajstić information content (AvgIpc) is 2.58. The van der Waals surface area contributed by atoms with E-state index in [1.807, 2.05) is 25.1 Å². The standard InChI is InChI=1S/C17H19NO4S/c1-12-5-4-6-14(9-12)23(20)11-15(18-19)13-7-8-16(21-2)17(10-13)22-3/h4-10,19H,11H2,1-3H3/b18-15-. The molecule has 2 aromatic rings. The molecule has 122 valence electrons. The highest BCUT2D eigenvalue weighted by Gasteiger charge is 2.14. The van der Waals surface area contributed by atoms with E-state index in [2.05, 4.69) is 5.16 Å². The highest BCUT2D eigenvalue weighted by molar-refractivity contribution is 7.85. The maximum Gasteiger partial charge on any atom is 0.161 e. The zero-order valence-corrected chi connectivity index (χ0v) is 14.1. The molecule has 0 fully saturated rings. The molecule has 0 spiro atoms. The lowest BCUT2D eigenvalue weighted by atomic mass is 10.1. The largest absolute Gasteiger partial charge is 0.493 e. The van der Waals surface area contributed by atoms with E-state index in [0.29, 0.717) is 27.7 Å². The average molecular weight is 333 g/mol. The Balaban J connectivity index is 2.25. The Kier molecular flexibility index (Phi) is 5.76. The predicted molar refractivity (Wildman–Crippen MR) is 90.3 cm³/mol. The molecule has 0 saturated carbocycles. The minimum absolute atomic E-state index is 0.107. The molecule has 0 aliphatic heterocycles. The predicted octanol–water partition coefficient (Wildman–Crippen LogP) is 3.00. The third-order valence-electron chi connectivity index (χ3n) is 3.36. The molecule has 0 amide bonds. The second-order valence-corrected chi connectivity index (χ2v) is 6.37.